The molecule has 0 aromatic carbocycles. The number of carbonyl (C=O) groups is 4. The van der Waals surface area contributed by atoms with Gasteiger partial charge in [-0.05, 0) is 37.5 Å². The van der Waals surface area contributed by atoms with E-state index in [4.69, 9.17) is 37.0 Å². The Balaban J connectivity index is 5.18. The van der Waals surface area contributed by atoms with Gasteiger partial charge in [0.25, 0.3) is 0 Å². The third kappa shape index (κ3) is 70.3. The zero-order valence-corrected chi connectivity index (χ0v) is 63.8. The quantitative estimate of drug-likeness (QED) is 0.0222. The molecule has 0 aromatic rings. The Morgan fingerprint density at radius 3 is 0.716 bits per heavy atom. The van der Waals surface area contributed by atoms with Crippen LogP contribution >= 0.6 is 15.6 Å². The van der Waals surface area contributed by atoms with Crippen LogP contribution in [0, 0.1) is 11.8 Å². The van der Waals surface area contributed by atoms with E-state index < -0.39 is 97.5 Å². The molecule has 0 radical (unpaired) electrons. The van der Waals surface area contributed by atoms with Crippen LogP contribution < -0.4 is 0 Å². The van der Waals surface area contributed by atoms with Crippen LogP contribution in [0.3, 0.4) is 0 Å². The first-order valence-electron chi connectivity index (χ1n) is 39.5. The topological polar surface area (TPSA) is 237 Å². The predicted octanol–water partition coefficient (Wildman–Crippen LogP) is 22.3. The van der Waals surface area contributed by atoms with E-state index in [1.54, 1.807) is 0 Å². The fourth-order valence-electron chi connectivity index (χ4n) is 11.7. The molecule has 19 heteroatoms. The first kappa shape index (κ1) is 93.1. The third-order valence-electron chi connectivity index (χ3n) is 17.7. The molecule has 17 nitrogen and oxygen atoms in total. The van der Waals surface area contributed by atoms with Gasteiger partial charge in [-0.25, -0.2) is 9.13 Å². The highest BCUT2D eigenvalue weighted by molar-refractivity contribution is 7.47. The highest BCUT2D eigenvalue weighted by atomic mass is 31.2. The molecule has 0 spiro atoms. The number of carbonyl (C=O) groups excluding carboxylic acids is 4. The van der Waals surface area contributed by atoms with Crippen molar-refractivity contribution in [3.63, 3.8) is 0 Å². The maximum absolute atomic E-state index is 13.1. The molecule has 564 valence electrons. The summed E-state index contributed by atoms with van der Waals surface area (Å²) in [4.78, 5) is 72.7. The van der Waals surface area contributed by atoms with Crippen LogP contribution in [0.25, 0.3) is 0 Å². The smallest absolute Gasteiger partial charge is 0.462 e. The van der Waals surface area contributed by atoms with Gasteiger partial charge in [0.05, 0.1) is 26.4 Å². The molecule has 0 aliphatic heterocycles. The Morgan fingerprint density at radius 2 is 0.484 bits per heavy atom. The Labute approximate surface area is 581 Å². The number of ether oxygens (including phenoxy) is 4. The number of esters is 4. The van der Waals surface area contributed by atoms with Gasteiger partial charge in [0.15, 0.2) is 12.2 Å². The molecule has 0 rings (SSSR count). The molecule has 0 aliphatic rings. The van der Waals surface area contributed by atoms with Gasteiger partial charge in [0.1, 0.15) is 19.3 Å². The number of aliphatic hydroxyl groups is 1. The largest absolute Gasteiger partial charge is 0.472 e. The van der Waals surface area contributed by atoms with Gasteiger partial charge >= 0.3 is 39.5 Å². The number of hydrogen-bond donors (Lipinski definition) is 3. The zero-order valence-electron chi connectivity index (χ0n) is 62.0. The van der Waals surface area contributed by atoms with Crippen molar-refractivity contribution in [1.29, 1.82) is 0 Å². The van der Waals surface area contributed by atoms with Crippen LogP contribution in [-0.4, -0.2) is 96.7 Å². The zero-order chi connectivity index (χ0) is 70.0. The second-order valence-corrected chi connectivity index (χ2v) is 31.3. The van der Waals surface area contributed by atoms with Crippen molar-refractivity contribution >= 4 is 39.5 Å². The molecular formula is C76H148O17P2. The average molecular weight is 1400 g/mol. The molecule has 0 saturated heterocycles. The summed E-state index contributed by atoms with van der Waals surface area (Å²) in [6.45, 7) is 9.62. The lowest BCUT2D eigenvalue weighted by molar-refractivity contribution is -0.161. The van der Waals surface area contributed by atoms with Gasteiger partial charge in [0, 0.05) is 25.7 Å². The summed E-state index contributed by atoms with van der Waals surface area (Å²) >= 11 is 0. The molecule has 0 amide bonds. The second-order valence-electron chi connectivity index (χ2n) is 28.3. The van der Waals surface area contributed by atoms with Crippen LogP contribution in [-0.2, 0) is 65.4 Å². The number of aliphatic hydroxyl groups excluding tert-OH is 1. The first-order valence-corrected chi connectivity index (χ1v) is 42.5. The minimum atomic E-state index is -4.96. The highest BCUT2D eigenvalue weighted by Gasteiger charge is 2.30. The Morgan fingerprint density at radius 1 is 0.284 bits per heavy atom. The molecule has 3 N–H and O–H groups in total. The molecule has 0 heterocycles. The summed E-state index contributed by atoms with van der Waals surface area (Å²) in [5.41, 5.74) is 0. The van der Waals surface area contributed by atoms with E-state index in [0.717, 1.165) is 108 Å². The van der Waals surface area contributed by atoms with Gasteiger partial charge in [-0.15, -0.1) is 0 Å². The minimum Gasteiger partial charge on any atom is -0.462 e. The molecule has 0 aromatic heterocycles. The molecule has 0 aliphatic carbocycles. The number of rotatable bonds is 75. The normalized spacial score (nSPS) is 14.0. The lowest BCUT2D eigenvalue weighted by Gasteiger charge is -2.21. The summed E-state index contributed by atoms with van der Waals surface area (Å²) < 4.78 is 68.4. The highest BCUT2D eigenvalue weighted by Crippen LogP contribution is 2.45. The van der Waals surface area contributed by atoms with E-state index in [1.807, 2.05) is 0 Å². The Bertz CT molecular complexity index is 1840. The molecule has 0 bridgehead atoms. The monoisotopic (exact) mass is 1400 g/mol. The number of unbranched alkanes of at least 4 members (excludes halogenated alkanes) is 45. The minimum absolute atomic E-state index is 0.106. The Hall–Kier alpha value is -1.94. The maximum atomic E-state index is 13.1. The summed E-state index contributed by atoms with van der Waals surface area (Å²) in [5.74, 6) is -0.503. The van der Waals surface area contributed by atoms with Crippen molar-refractivity contribution < 1.29 is 80.2 Å². The van der Waals surface area contributed by atoms with Crippen molar-refractivity contribution in [2.24, 2.45) is 11.8 Å². The van der Waals surface area contributed by atoms with E-state index >= 15 is 0 Å². The lowest BCUT2D eigenvalue weighted by Crippen LogP contribution is -2.30. The molecule has 95 heavy (non-hydrogen) atoms. The van der Waals surface area contributed by atoms with Gasteiger partial charge < -0.3 is 33.8 Å². The molecule has 2 unspecified atom stereocenters. The molecule has 0 fully saturated rings. The van der Waals surface area contributed by atoms with E-state index in [-0.39, 0.29) is 25.7 Å². The van der Waals surface area contributed by atoms with Crippen molar-refractivity contribution in [3.8, 4) is 0 Å². The fraction of sp³-hybridized carbons (Fsp3) is 0.947. The van der Waals surface area contributed by atoms with Crippen molar-refractivity contribution in [1.82, 2.24) is 0 Å². The molecule has 0 saturated carbocycles. The van der Waals surface area contributed by atoms with Crippen LogP contribution in [0.5, 0.6) is 0 Å². The standard InChI is InChI=1S/C76H148O17P2/c1-7-9-11-13-15-17-35-42-48-54-60-75(80)92-71(64-86-73(78)58-52-46-40-16-14-12-10-8-2)66-90-94(82,83)88-62-70(77)63-89-95(84,85)91-67-72(65-87-74(79)59-53-47-41-36-31-27-24-20-22-26-30-34-39-45-51-57-69(5)6)93-76(81)61-55-49-43-37-32-28-23-19-18-21-25-29-33-38-44-50-56-68(3)4/h68-72,77H,7-67H2,1-6H3,(H,82,83)(H,84,85)/t70-,71+,72+/m0/s1. The first-order chi connectivity index (χ1) is 45.9. The molecule has 5 atom stereocenters. The number of hydrogen-bond acceptors (Lipinski definition) is 15. The lowest BCUT2D eigenvalue weighted by atomic mass is 10.0. The predicted molar refractivity (Wildman–Crippen MR) is 386 cm³/mol. The van der Waals surface area contributed by atoms with Crippen molar-refractivity contribution in [2.45, 2.75) is 413 Å². The molecular weight excluding hydrogens is 1250 g/mol. The summed E-state index contributed by atoms with van der Waals surface area (Å²) in [7, 11) is -9.90. The Kier molecular flexibility index (Phi) is 66.5. The van der Waals surface area contributed by atoms with Crippen LogP contribution in [0.15, 0.2) is 0 Å². The second kappa shape index (κ2) is 67.9. The maximum Gasteiger partial charge on any atom is 0.472 e. The van der Waals surface area contributed by atoms with E-state index in [9.17, 15) is 43.2 Å². The van der Waals surface area contributed by atoms with E-state index in [2.05, 4.69) is 41.5 Å². The SMILES string of the molecule is CCCCCCCCCCCCC(=O)O[C@H](COC(=O)CCCCCCCCCC)COP(=O)(O)OC[C@H](O)COP(=O)(O)OC[C@@H](COC(=O)CCCCCCCCCCCCCCCCCC(C)C)OC(=O)CCCCCCCCCCCCCCCCCCC(C)C. The van der Waals surface area contributed by atoms with Crippen molar-refractivity contribution in [3.05, 3.63) is 0 Å². The fourth-order valence-corrected chi connectivity index (χ4v) is 13.2. The van der Waals surface area contributed by atoms with Crippen LogP contribution in [0.1, 0.15) is 395 Å². The van der Waals surface area contributed by atoms with Crippen LogP contribution in [0.4, 0.5) is 0 Å². The van der Waals surface area contributed by atoms with E-state index in [1.165, 1.54) is 205 Å². The van der Waals surface area contributed by atoms with Gasteiger partial charge in [0.2, 0.25) is 0 Å². The van der Waals surface area contributed by atoms with E-state index in [0.29, 0.717) is 25.7 Å². The van der Waals surface area contributed by atoms with Gasteiger partial charge in [-0.1, -0.05) is 343 Å². The van der Waals surface area contributed by atoms with Gasteiger partial charge in [-0.2, -0.15) is 0 Å². The third-order valence-corrected chi connectivity index (χ3v) is 19.6. The number of phosphoric ester groups is 2. The average Bonchev–Trinajstić information content (AvgIpc) is 3.34. The van der Waals surface area contributed by atoms with Crippen LogP contribution in [0.2, 0.25) is 0 Å². The summed E-state index contributed by atoms with van der Waals surface area (Å²) in [6.07, 6.45) is 55.6. The summed E-state index contributed by atoms with van der Waals surface area (Å²) in [6, 6.07) is 0. The number of phosphoric acid groups is 2. The van der Waals surface area contributed by atoms with Gasteiger partial charge in [-0.3, -0.25) is 37.3 Å². The summed E-state index contributed by atoms with van der Waals surface area (Å²) in [5, 5.41) is 10.6. The van der Waals surface area contributed by atoms with Crippen molar-refractivity contribution in [2.75, 3.05) is 39.6 Å².